The van der Waals surface area contributed by atoms with Crippen molar-refractivity contribution in [3.05, 3.63) is 76.5 Å². The Bertz CT molecular complexity index is 984. The Balaban J connectivity index is 2.08. The third-order valence-corrected chi connectivity index (χ3v) is 3.56. The van der Waals surface area contributed by atoms with Crippen LogP contribution in [0.2, 0.25) is 0 Å². The Hall–Kier alpha value is -3.59. The van der Waals surface area contributed by atoms with Gasteiger partial charge in [-0.15, -0.1) is 0 Å². The summed E-state index contributed by atoms with van der Waals surface area (Å²) in [5.74, 6) is 0. The van der Waals surface area contributed by atoms with Crippen LogP contribution in [0.4, 0.5) is 5.69 Å². The molecule has 0 aliphatic heterocycles. The second kappa shape index (κ2) is 7.53. The summed E-state index contributed by atoms with van der Waals surface area (Å²) in [5, 5.41) is 19.6. The molecule has 3 N–H and O–H groups in total. The van der Waals surface area contributed by atoms with Gasteiger partial charge in [0.25, 0.3) is 5.69 Å². The third kappa shape index (κ3) is 3.90. The molecule has 0 amide bonds. The largest absolute Gasteiger partial charge is 0.375 e. The highest BCUT2D eigenvalue weighted by atomic mass is 32.1. The fourth-order valence-corrected chi connectivity index (χ4v) is 2.40. The number of hydrazone groups is 1. The number of nitrogens with two attached hydrogens (primary N) is 1. The number of para-hydroxylation sites is 1. The van der Waals surface area contributed by atoms with E-state index in [1.807, 2.05) is 30.3 Å². The van der Waals surface area contributed by atoms with Crippen LogP contribution in [0.1, 0.15) is 5.56 Å². The first-order valence-electron chi connectivity index (χ1n) is 7.53. The fraction of sp³-hybridized carbons (Fsp3) is 0. The van der Waals surface area contributed by atoms with Gasteiger partial charge in [0.2, 0.25) is 0 Å². The quantitative estimate of drug-likeness (QED) is 0.311. The van der Waals surface area contributed by atoms with Gasteiger partial charge < -0.3 is 5.73 Å². The first-order valence-corrected chi connectivity index (χ1v) is 7.94. The summed E-state index contributed by atoms with van der Waals surface area (Å²) >= 11 is 4.72. The van der Waals surface area contributed by atoms with Gasteiger partial charge >= 0.3 is 0 Å². The van der Waals surface area contributed by atoms with Gasteiger partial charge in [-0.1, -0.05) is 30.3 Å². The maximum Gasteiger partial charge on any atom is 0.270 e. The zero-order chi connectivity index (χ0) is 18.5. The third-order valence-electron chi connectivity index (χ3n) is 3.47. The Morgan fingerprint density at radius 2 is 2.04 bits per heavy atom. The van der Waals surface area contributed by atoms with Crippen LogP contribution in [-0.2, 0) is 0 Å². The van der Waals surface area contributed by atoms with Crippen LogP contribution in [0.25, 0.3) is 16.9 Å². The summed E-state index contributed by atoms with van der Waals surface area (Å²) in [6.07, 6.45) is 3.29. The predicted molar refractivity (Wildman–Crippen MR) is 103 cm³/mol. The van der Waals surface area contributed by atoms with E-state index in [4.69, 9.17) is 18.0 Å². The average molecular weight is 366 g/mol. The fourth-order valence-electron chi connectivity index (χ4n) is 2.35. The molecule has 3 rings (SSSR count). The normalized spacial score (nSPS) is 10.8. The Morgan fingerprint density at radius 1 is 1.27 bits per heavy atom. The average Bonchev–Trinajstić information content (AvgIpc) is 3.06. The van der Waals surface area contributed by atoms with Crippen molar-refractivity contribution in [3.8, 4) is 16.9 Å². The van der Waals surface area contributed by atoms with Gasteiger partial charge in [0.15, 0.2) is 5.11 Å². The van der Waals surface area contributed by atoms with Gasteiger partial charge in [-0.25, -0.2) is 4.68 Å². The van der Waals surface area contributed by atoms with Crippen LogP contribution in [0.3, 0.4) is 0 Å². The molecule has 130 valence electrons. The summed E-state index contributed by atoms with van der Waals surface area (Å²) in [5.41, 5.74) is 10.5. The summed E-state index contributed by atoms with van der Waals surface area (Å²) in [6, 6.07) is 15.8. The Morgan fingerprint density at radius 3 is 2.73 bits per heavy atom. The van der Waals surface area contributed by atoms with Crippen molar-refractivity contribution in [2.45, 2.75) is 0 Å². The molecule has 1 aromatic heterocycles. The van der Waals surface area contributed by atoms with Gasteiger partial charge in [0.05, 0.1) is 16.8 Å². The van der Waals surface area contributed by atoms with Crippen molar-refractivity contribution < 1.29 is 4.92 Å². The summed E-state index contributed by atoms with van der Waals surface area (Å²) < 4.78 is 1.68. The molecule has 26 heavy (non-hydrogen) atoms. The first kappa shape index (κ1) is 17.2. The number of thiocarbonyl (C=S) groups is 1. The first-order chi connectivity index (χ1) is 12.5. The van der Waals surface area contributed by atoms with Crippen molar-refractivity contribution in [1.82, 2.24) is 15.2 Å². The molecular weight excluding hydrogens is 352 g/mol. The van der Waals surface area contributed by atoms with Crippen LogP contribution in [0.15, 0.2) is 65.9 Å². The van der Waals surface area contributed by atoms with E-state index in [1.165, 1.54) is 18.3 Å². The maximum atomic E-state index is 11.1. The molecule has 0 aliphatic rings. The van der Waals surface area contributed by atoms with Crippen molar-refractivity contribution in [2.24, 2.45) is 10.8 Å². The van der Waals surface area contributed by atoms with Crippen LogP contribution in [0, 0.1) is 10.1 Å². The van der Waals surface area contributed by atoms with Gasteiger partial charge in [0.1, 0.15) is 5.69 Å². The smallest absolute Gasteiger partial charge is 0.270 e. The summed E-state index contributed by atoms with van der Waals surface area (Å²) in [6.45, 7) is 0. The molecule has 2 aromatic carbocycles. The summed E-state index contributed by atoms with van der Waals surface area (Å²) in [7, 11) is 0. The minimum Gasteiger partial charge on any atom is -0.375 e. The number of nitro benzene ring substituents is 1. The lowest BCUT2D eigenvalue weighted by atomic mass is 10.1. The number of aromatic nitrogens is 2. The van der Waals surface area contributed by atoms with Crippen molar-refractivity contribution >= 4 is 29.2 Å². The van der Waals surface area contributed by atoms with Crippen LogP contribution < -0.4 is 11.2 Å². The number of benzene rings is 2. The molecule has 0 bridgehead atoms. The minimum absolute atomic E-state index is 0.0130. The topological polar surface area (TPSA) is 111 Å². The lowest BCUT2D eigenvalue weighted by Crippen LogP contribution is -2.24. The summed E-state index contributed by atoms with van der Waals surface area (Å²) in [4.78, 5) is 10.6. The van der Waals surface area contributed by atoms with E-state index in [0.29, 0.717) is 16.8 Å². The lowest BCUT2D eigenvalue weighted by Gasteiger charge is -2.00. The molecule has 0 radical (unpaired) electrons. The maximum absolute atomic E-state index is 11.1. The van der Waals surface area contributed by atoms with E-state index in [-0.39, 0.29) is 10.8 Å². The molecule has 0 saturated heterocycles. The molecule has 3 aromatic rings. The van der Waals surface area contributed by atoms with Gasteiger partial charge in [-0.3, -0.25) is 15.5 Å². The van der Waals surface area contributed by atoms with E-state index < -0.39 is 4.92 Å². The molecule has 0 saturated carbocycles. The highest BCUT2D eigenvalue weighted by Crippen LogP contribution is 2.26. The van der Waals surface area contributed by atoms with Crippen LogP contribution in [-0.4, -0.2) is 26.0 Å². The van der Waals surface area contributed by atoms with Gasteiger partial charge in [-0.2, -0.15) is 10.2 Å². The SMILES string of the molecule is NC(=S)NN=Cc1cn(-c2ccccc2)nc1-c1cccc([N+](=O)[O-])c1. The van der Waals surface area contributed by atoms with Crippen molar-refractivity contribution in [1.29, 1.82) is 0 Å². The number of rotatable bonds is 5. The highest BCUT2D eigenvalue weighted by Gasteiger charge is 2.14. The molecule has 1 heterocycles. The van der Waals surface area contributed by atoms with Gasteiger partial charge in [-0.05, 0) is 24.4 Å². The van der Waals surface area contributed by atoms with E-state index >= 15 is 0 Å². The number of nitrogens with one attached hydrogen (secondary N) is 1. The van der Waals surface area contributed by atoms with E-state index in [2.05, 4.69) is 15.6 Å². The van der Waals surface area contributed by atoms with Crippen molar-refractivity contribution in [3.63, 3.8) is 0 Å². The van der Waals surface area contributed by atoms with E-state index in [9.17, 15) is 10.1 Å². The van der Waals surface area contributed by atoms with E-state index in [1.54, 1.807) is 23.0 Å². The predicted octanol–water partition coefficient (Wildman–Crippen LogP) is 2.61. The van der Waals surface area contributed by atoms with Crippen LogP contribution in [0.5, 0.6) is 0 Å². The standard InChI is InChI=1S/C17H14N6O2S/c18-17(26)20-19-10-13-11-22(14-6-2-1-3-7-14)21-16(13)12-5-4-8-15(9-12)23(24)25/h1-11H,(H3,18,20,26). The minimum atomic E-state index is -0.445. The molecular formula is C17H14N6O2S. The molecule has 0 atom stereocenters. The second-order valence-electron chi connectivity index (χ2n) is 5.25. The molecule has 0 unspecified atom stereocenters. The van der Waals surface area contributed by atoms with Crippen LogP contribution >= 0.6 is 12.2 Å². The number of non-ortho nitro benzene ring substituents is 1. The molecule has 0 spiro atoms. The Labute approximate surface area is 154 Å². The highest BCUT2D eigenvalue weighted by molar-refractivity contribution is 7.80. The Kier molecular flexibility index (Phi) is 4.99. The molecule has 9 heteroatoms. The monoisotopic (exact) mass is 366 g/mol. The number of hydrogen-bond acceptors (Lipinski definition) is 5. The zero-order valence-corrected chi connectivity index (χ0v) is 14.3. The number of nitrogens with zero attached hydrogens (tertiary/aromatic N) is 4. The molecule has 0 fully saturated rings. The molecule has 8 nitrogen and oxygen atoms in total. The van der Waals surface area contributed by atoms with E-state index in [0.717, 1.165) is 5.69 Å². The number of nitro groups is 1. The second-order valence-corrected chi connectivity index (χ2v) is 5.69. The zero-order valence-electron chi connectivity index (χ0n) is 13.4. The number of hydrogen-bond donors (Lipinski definition) is 2. The van der Waals surface area contributed by atoms with Gasteiger partial charge in [0, 0.05) is 29.5 Å². The molecule has 0 aliphatic carbocycles. The lowest BCUT2D eigenvalue weighted by molar-refractivity contribution is -0.384. The van der Waals surface area contributed by atoms with Crippen molar-refractivity contribution in [2.75, 3.05) is 0 Å².